The molecule has 0 atom stereocenters. The van der Waals surface area contributed by atoms with E-state index in [4.69, 9.17) is 4.74 Å². The standard InChI is InChI=1S/C24H39N3O2/c1-3-29-24-19(2)22(27-16-12-9-13-17-27)21(18-25-24)26-23(28)20-14-10-7-5-4-6-8-11-15-20/h18,20H,3-17H2,1-2H3,(H,26,28). The molecular formula is C24H39N3O2. The molecule has 1 aromatic rings. The number of hydrogen-bond acceptors (Lipinski definition) is 4. The van der Waals surface area contributed by atoms with Gasteiger partial charge >= 0.3 is 0 Å². The number of carbonyl (C=O) groups is 1. The van der Waals surface area contributed by atoms with Crippen molar-refractivity contribution >= 4 is 17.3 Å². The number of ether oxygens (including phenoxy) is 1. The van der Waals surface area contributed by atoms with Gasteiger partial charge in [-0.05, 0) is 46.0 Å². The van der Waals surface area contributed by atoms with Crippen molar-refractivity contribution in [2.24, 2.45) is 5.92 Å². The van der Waals surface area contributed by atoms with Crippen LogP contribution < -0.4 is 15.0 Å². The first-order valence-corrected chi connectivity index (χ1v) is 11.9. The highest BCUT2D eigenvalue weighted by molar-refractivity contribution is 5.96. The van der Waals surface area contributed by atoms with Crippen LogP contribution in [0.1, 0.15) is 89.5 Å². The van der Waals surface area contributed by atoms with Crippen LogP contribution in [0.4, 0.5) is 11.4 Å². The summed E-state index contributed by atoms with van der Waals surface area (Å²) in [5.74, 6) is 0.980. The van der Waals surface area contributed by atoms with E-state index in [1.807, 2.05) is 6.92 Å². The van der Waals surface area contributed by atoms with Gasteiger partial charge in [-0.15, -0.1) is 0 Å². The molecule has 1 saturated heterocycles. The molecule has 0 unspecified atom stereocenters. The van der Waals surface area contributed by atoms with Gasteiger partial charge < -0.3 is 15.0 Å². The SMILES string of the molecule is CCOc1ncc(NC(=O)C2CCCCCCCCC2)c(N2CCCCC2)c1C. The highest BCUT2D eigenvalue weighted by Crippen LogP contribution is 2.36. The van der Waals surface area contributed by atoms with Gasteiger partial charge in [-0.1, -0.05) is 44.9 Å². The zero-order valence-corrected chi connectivity index (χ0v) is 18.5. The average molecular weight is 402 g/mol. The van der Waals surface area contributed by atoms with E-state index in [9.17, 15) is 4.79 Å². The highest BCUT2D eigenvalue weighted by atomic mass is 16.5. The van der Waals surface area contributed by atoms with Gasteiger partial charge in [0.2, 0.25) is 11.8 Å². The molecule has 1 N–H and O–H groups in total. The van der Waals surface area contributed by atoms with Crippen molar-refractivity contribution in [1.29, 1.82) is 0 Å². The van der Waals surface area contributed by atoms with Gasteiger partial charge in [0.05, 0.1) is 24.2 Å². The lowest BCUT2D eigenvalue weighted by Gasteiger charge is -2.32. The van der Waals surface area contributed by atoms with Crippen LogP contribution in [0.25, 0.3) is 0 Å². The molecule has 0 radical (unpaired) electrons. The third kappa shape index (κ3) is 6.10. The van der Waals surface area contributed by atoms with Crippen molar-refractivity contribution in [3.63, 3.8) is 0 Å². The van der Waals surface area contributed by atoms with Crippen LogP contribution in [0.3, 0.4) is 0 Å². The summed E-state index contributed by atoms with van der Waals surface area (Å²) in [6, 6.07) is 0. The number of piperidine rings is 1. The summed E-state index contributed by atoms with van der Waals surface area (Å²) in [6.45, 7) is 6.71. The molecule has 5 heteroatoms. The van der Waals surface area contributed by atoms with Crippen LogP contribution >= 0.6 is 0 Å². The zero-order chi connectivity index (χ0) is 20.5. The van der Waals surface area contributed by atoms with Gasteiger partial charge in [0, 0.05) is 24.6 Å². The van der Waals surface area contributed by atoms with Crippen LogP contribution in [-0.2, 0) is 4.79 Å². The zero-order valence-electron chi connectivity index (χ0n) is 18.5. The molecular weight excluding hydrogens is 362 g/mol. The van der Waals surface area contributed by atoms with Crippen molar-refractivity contribution in [3.8, 4) is 5.88 Å². The van der Waals surface area contributed by atoms with Crippen LogP contribution in [-0.4, -0.2) is 30.6 Å². The number of hydrogen-bond donors (Lipinski definition) is 1. The quantitative estimate of drug-likeness (QED) is 0.671. The van der Waals surface area contributed by atoms with Crippen molar-refractivity contribution in [3.05, 3.63) is 11.8 Å². The Morgan fingerprint density at radius 3 is 2.24 bits per heavy atom. The molecule has 5 nitrogen and oxygen atoms in total. The van der Waals surface area contributed by atoms with Gasteiger partial charge in [0.1, 0.15) is 0 Å². The minimum absolute atomic E-state index is 0.120. The Hall–Kier alpha value is -1.78. The Bertz CT molecular complexity index is 646. The smallest absolute Gasteiger partial charge is 0.227 e. The van der Waals surface area contributed by atoms with E-state index < -0.39 is 0 Å². The van der Waals surface area contributed by atoms with E-state index in [1.54, 1.807) is 6.20 Å². The van der Waals surface area contributed by atoms with Gasteiger partial charge in [0.15, 0.2) is 0 Å². The average Bonchev–Trinajstić information content (AvgIpc) is 2.74. The maximum absolute atomic E-state index is 13.2. The van der Waals surface area contributed by atoms with E-state index in [2.05, 4.69) is 22.1 Å². The van der Waals surface area contributed by atoms with E-state index in [0.717, 1.165) is 55.7 Å². The summed E-state index contributed by atoms with van der Waals surface area (Å²) in [5, 5.41) is 3.27. The number of rotatable bonds is 5. The summed E-state index contributed by atoms with van der Waals surface area (Å²) in [4.78, 5) is 20.1. The van der Waals surface area contributed by atoms with Crippen molar-refractivity contribution in [2.75, 3.05) is 29.9 Å². The molecule has 2 aliphatic rings. The van der Waals surface area contributed by atoms with E-state index in [1.165, 1.54) is 51.4 Å². The maximum atomic E-state index is 13.2. The molecule has 1 aliphatic heterocycles. The largest absolute Gasteiger partial charge is 0.478 e. The van der Waals surface area contributed by atoms with Crippen molar-refractivity contribution < 1.29 is 9.53 Å². The molecule has 0 aromatic carbocycles. The molecule has 2 heterocycles. The van der Waals surface area contributed by atoms with Crippen LogP contribution in [0.5, 0.6) is 5.88 Å². The third-order valence-corrected chi connectivity index (χ3v) is 6.43. The molecule has 1 aliphatic carbocycles. The molecule has 29 heavy (non-hydrogen) atoms. The first-order valence-electron chi connectivity index (χ1n) is 11.9. The summed E-state index contributed by atoms with van der Waals surface area (Å²) < 4.78 is 5.75. The molecule has 3 rings (SSSR count). The second kappa shape index (κ2) is 11.4. The fourth-order valence-electron chi connectivity index (χ4n) is 4.79. The van der Waals surface area contributed by atoms with Gasteiger partial charge in [-0.3, -0.25) is 4.79 Å². The van der Waals surface area contributed by atoms with Crippen molar-refractivity contribution in [2.45, 2.75) is 90.9 Å². The first-order chi connectivity index (χ1) is 14.2. The summed E-state index contributed by atoms with van der Waals surface area (Å²) in [7, 11) is 0. The molecule has 162 valence electrons. The Balaban J connectivity index is 1.78. The maximum Gasteiger partial charge on any atom is 0.227 e. The summed E-state index contributed by atoms with van der Waals surface area (Å²) >= 11 is 0. The predicted octanol–water partition coefficient (Wildman–Crippen LogP) is 5.86. The van der Waals surface area contributed by atoms with Crippen LogP contribution in [0.2, 0.25) is 0 Å². The fourth-order valence-corrected chi connectivity index (χ4v) is 4.79. The van der Waals surface area contributed by atoms with E-state index in [0.29, 0.717) is 12.5 Å². The third-order valence-electron chi connectivity index (χ3n) is 6.43. The number of carbonyl (C=O) groups excluding carboxylic acids is 1. The monoisotopic (exact) mass is 401 g/mol. The van der Waals surface area contributed by atoms with Crippen LogP contribution in [0, 0.1) is 12.8 Å². The summed E-state index contributed by atoms with van der Waals surface area (Å²) in [5.41, 5.74) is 3.00. The second-order valence-electron chi connectivity index (χ2n) is 8.67. The predicted molar refractivity (Wildman–Crippen MR) is 120 cm³/mol. The lowest BCUT2D eigenvalue weighted by atomic mass is 9.91. The number of nitrogens with one attached hydrogen (secondary N) is 1. The van der Waals surface area contributed by atoms with Gasteiger partial charge in [-0.25, -0.2) is 4.98 Å². The number of nitrogens with zero attached hydrogens (tertiary/aromatic N) is 2. The van der Waals surface area contributed by atoms with E-state index >= 15 is 0 Å². The number of pyridine rings is 1. The second-order valence-corrected chi connectivity index (χ2v) is 8.67. The molecule has 0 spiro atoms. The minimum Gasteiger partial charge on any atom is -0.478 e. The lowest BCUT2D eigenvalue weighted by molar-refractivity contribution is -0.120. The fraction of sp³-hybridized carbons (Fsp3) is 0.750. The number of amides is 1. The Labute approximate surface area is 176 Å². The minimum atomic E-state index is 0.120. The Morgan fingerprint density at radius 2 is 1.62 bits per heavy atom. The van der Waals surface area contributed by atoms with Crippen LogP contribution in [0.15, 0.2) is 6.20 Å². The number of anilines is 2. The Kier molecular flexibility index (Phi) is 8.63. The van der Waals surface area contributed by atoms with Gasteiger partial charge in [0.25, 0.3) is 0 Å². The summed E-state index contributed by atoms with van der Waals surface area (Å²) in [6.07, 6.45) is 16.3. The highest BCUT2D eigenvalue weighted by Gasteiger charge is 2.24. The molecule has 0 bridgehead atoms. The Morgan fingerprint density at radius 1 is 1.03 bits per heavy atom. The van der Waals surface area contributed by atoms with Crippen molar-refractivity contribution in [1.82, 2.24) is 4.98 Å². The molecule has 1 aromatic heterocycles. The molecule has 1 amide bonds. The lowest BCUT2D eigenvalue weighted by Crippen LogP contribution is -2.32. The topological polar surface area (TPSA) is 54.5 Å². The molecule has 2 fully saturated rings. The normalized spacial score (nSPS) is 19.6. The van der Waals surface area contributed by atoms with E-state index in [-0.39, 0.29) is 11.8 Å². The van der Waals surface area contributed by atoms with Gasteiger partial charge in [-0.2, -0.15) is 0 Å². The number of aromatic nitrogens is 1. The molecule has 1 saturated carbocycles. The first kappa shape index (κ1) is 21.9.